The lowest BCUT2D eigenvalue weighted by Crippen LogP contribution is -2.21. The van der Waals surface area contributed by atoms with Gasteiger partial charge in [-0.05, 0) is 12.5 Å². The second-order valence-corrected chi connectivity index (χ2v) is 4.44. The van der Waals surface area contributed by atoms with Gasteiger partial charge in [0.1, 0.15) is 17.1 Å². The average molecular weight is 214 g/mol. The van der Waals surface area contributed by atoms with Gasteiger partial charge in [-0.2, -0.15) is 0 Å². The number of rotatable bonds is 2. The number of hydrogen-bond donors (Lipinski definition) is 0. The summed E-state index contributed by atoms with van der Waals surface area (Å²) in [5.74, 6) is 1.73. The molecule has 0 N–H and O–H groups in total. The predicted octanol–water partition coefficient (Wildman–Crippen LogP) is 3.44. The van der Waals surface area contributed by atoms with Crippen LogP contribution in [0.15, 0.2) is 28.7 Å². The van der Waals surface area contributed by atoms with E-state index in [0.717, 1.165) is 17.8 Å². The quantitative estimate of drug-likeness (QED) is 0.766. The highest BCUT2D eigenvalue weighted by atomic mass is 16.3. The Morgan fingerprint density at radius 3 is 2.75 bits per heavy atom. The maximum atomic E-state index is 11.1. The number of benzene rings is 1. The number of carbonyl (C=O) groups excluding carboxylic acids is 1. The van der Waals surface area contributed by atoms with E-state index >= 15 is 0 Å². The van der Waals surface area contributed by atoms with Crippen molar-refractivity contribution in [2.45, 2.75) is 32.1 Å². The topological polar surface area (TPSA) is 30.2 Å². The molecule has 0 radical (unpaired) electrons. The fourth-order valence-corrected chi connectivity index (χ4v) is 2.49. The molecule has 0 saturated heterocycles. The Kier molecular flexibility index (Phi) is 2.10. The Hall–Kier alpha value is -1.57. The first-order valence-electron chi connectivity index (χ1n) is 5.81. The molecule has 1 aliphatic rings. The number of aryl methyl sites for hydroxylation is 1. The van der Waals surface area contributed by atoms with Crippen LogP contribution in [-0.2, 0) is 11.2 Å². The van der Waals surface area contributed by atoms with Gasteiger partial charge in [0, 0.05) is 29.7 Å². The third kappa shape index (κ3) is 1.29. The van der Waals surface area contributed by atoms with Crippen molar-refractivity contribution >= 4 is 16.8 Å². The van der Waals surface area contributed by atoms with Gasteiger partial charge in [0.15, 0.2) is 0 Å². The predicted molar refractivity (Wildman–Crippen MR) is 62.6 cm³/mol. The molecule has 2 nitrogen and oxygen atoms in total. The van der Waals surface area contributed by atoms with Crippen molar-refractivity contribution in [3.8, 4) is 0 Å². The second-order valence-electron chi connectivity index (χ2n) is 4.44. The fourth-order valence-electron chi connectivity index (χ4n) is 2.49. The van der Waals surface area contributed by atoms with Crippen LogP contribution in [-0.4, -0.2) is 5.78 Å². The van der Waals surface area contributed by atoms with E-state index in [1.54, 1.807) is 0 Å². The zero-order valence-electron chi connectivity index (χ0n) is 9.32. The van der Waals surface area contributed by atoms with Gasteiger partial charge in [0.25, 0.3) is 0 Å². The number of hydrogen-bond acceptors (Lipinski definition) is 2. The third-order valence-electron chi connectivity index (χ3n) is 3.40. The van der Waals surface area contributed by atoms with Gasteiger partial charge >= 0.3 is 0 Å². The first-order valence-corrected chi connectivity index (χ1v) is 5.81. The summed E-state index contributed by atoms with van der Waals surface area (Å²) in [6.07, 6.45) is 2.29. The van der Waals surface area contributed by atoms with E-state index in [9.17, 15) is 4.79 Å². The molecule has 1 heterocycles. The van der Waals surface area contributed by atoms with Gasteiger partial charge in [-0.25, -0.2) is 0 Å². The van der Waals surface area contributed by atoms with Gasteiger partial charge in [-0.1, -0.05) is 25.1 Å². The number of fused-ring (bicyclic) bond motifs is 1. The minimum atomic E-state index is 0.329. The molecule has 1 aromatic carbocycles. The van der Waals surface area contributed by atoms with Crippen molar-refractivity contribution in [1.29, 1.82) is 0 Å². The number of ketones is 1. The van der Waals surface area contributed by atoms with E-state index in [4.69, 9.17) is 4.42 Å². The SMILES string of the molecule is CCc1c(C2CC(=O)C2)oc2ccccc12. The number of carbonyl (C=O) groups is 1. The maximum Gasteiger partial charge on any atom is 0.134 e. The Bertz CT molecular complexity index is 543. The molecular formula is C14H14O2. The lowest BCUT2D eigenvalue weighted by Gasteiger charge is -2.22. The van der Waals surface area contributed by atoms with Crippen molar-refractivity contribution in [1.82, 2.24) is 0 Å². The number of Topliss-reactive ketones (excluding diaryl/α,β-unsaturated/α-hetero) is 1. The third-order valence-corrected chi connectivity index (χ3v) is 3.40. The molecule has 16 heavy (non-hydrogen) atoms. The Morgan fingerprint density at radius 1 is 1.31 bits per heavy atom. The van der Waals surface area contributed by atoms with E-state index in [0.29, 0.717) is 24.5 Å². The first-order chi connectivity index (χ1) is 7.79. The van der Waals surface area contributed by atoms with E-state index in [2.05, 4.69) is 13.0 Å². The van der Waals surface area contributed by atoms with Crippen LogP contribution in [0.5, 0.6) is 0 Å². The summed E-state index contributed by atoms with van der Waals surface area (Å²) in [5, 5.41) is 1.21. The minimum absolute atomic E-state index is 0.329. The fraction of sp³-hybridized carbons (Fsp3) is 0.357. The maximum absolute atomic E-state index is 11.1. The van der Waals surface area contributed by atoms with Gasteiger partial charge < -0.3 is 4.42 Å². The second kappa shape index (κ2) is 3.48. The van der Waals surface area contributed by atoms with Crippen molar-refractivity contribution in [3.63, 3.8) is 0 Å². The van der Waals surface area contributed by atoms with Crippen LogP contribution in [0, 0.1) is 0 Å². The minimum Gasteiger partial charge on any atom is -0.460 e. The highest BCUT2D eigenvalue weighted by Crippen LogP contribution is 2.40. The summed E-state index contributed by atoms with van der Waals surface area (Å²) in [6.45, 7) is 2.14. The van der Waals surface area contributed by atoms with E-state index < -0.39 is 0 Å². The van der Waals surface area contributed by atoms with Gasteiger partial charge in [0.2, 0.25) is 0 Å². The highest BCUT2D eigenvalue weighted by Gasteiger charge is 2.32. The van der Waals surface area contributed by atoms with Crippen LogP contribution >= 0.6 is 0 Å². The zero-order valence-corrected chi connectivity index (χ0v) is 9.32. The van der Waals surface area contributed by atoms with Crippen LogP contribution < -0.4 is 0 Å². The first kappa shape index (κ1) is 9.64. The molecule has 1 saturated carbocycles. The van der Waals surface area contributed by atoms with Crippen molar-refractivity contribution in [3.05, 3.63) is 35.6 Å². The van der Waals surface area contributed by atoms with Gasteiger partial charge in [0.05, 0.1) is 0 Å². The molecule has 1 aliphatic carbocycles. The molecule has 0 spiro atoms. The summed E-state index contributed by atoms with van der Waals surface area (Å²) in [5.41, 5.74) is 2.24. The summed E-state index contributed by atoms with van der Waals surface area (Å²) < 4.78 is 5.89. The lowest BCUT2D eigenvalue weighted by molar-refractivity contribution is -0.125. The van der Waals surface area contributed by atoms with Crippen LogP contribution in [0.3, 0.4) is 0 Å². The zero-order chi connectivity index (χ0) is 11.1. The highest BCUT2D eigenvalue weighted by molar-refractivity contribution is 5.88. The Labute approximate surface area is 94.3 Å². The molecule has 0 unspecified atom stereocenters. The summed E-state index contributed by atoms with van der Waals surface area (Å²) in [4.78, 5) is 11.1. The molecular weight excluding hydrogens is 200 g/mol. The Balaban J connectivity index is 2.13. The lowest BCUT2D eigenvalue weighted by atomic mass is 9.80. The van der Waals surface area contributed by atoms with Crippen LogP contribution in [0.4, 0.5) is 0 Å². The Morgan fingerprint density at radius 2 is 2.06 bits per heavy atom. The van der Waals surface area contributed by atoms with Crippen molar-refractivity contribution in [2.75, 3.05) is 0 Å². The van der Waals surface area contributed by atoms with E-state index in [-0.39, 0.29) is 0 Å². The largest absolute Gasteiger partial charge is 0.460 e. The van der Waals surface area contributed by atoms with Crippen LogP contribution in [0.1, 0.15) is 37.0 Å². The summed E-state index contributed by atoms with van der Waals surface area (Å²) >= 11 is 0. The molecule has 1 fully saturated rings. The summed E-state index contributed by atoms with van der Waals surface area (Å²) in [6, 6.07) is 8.12. The van der Waals surface area contributed by atoms with Gasteiger partial charge in [-0.15, -0.1) is 0 Å². The molecule has 1 aromatic heterocycles. The van der Waals surface area contributed by atoms with Crippen LogP contribution in [0.2, 0.25) is 0 Å². The molecule has 0 atom stereocenters. The molecule has 0 aliphatic heterocycles. The molecule has 3 rings (SSSR count). The number of furan rings is 1. The van der Waals surface area contributed by atoms with Gasteiger partial charge in [-0.3, -0.25) is 4.79 Å². The van der Waals surface area contributed by atoms with Crippen molar-refractivity contribution in [2.24, 2.45) is 0 Å². The molecule has 2 aromatic rings. The standard InChI is InChI=1S/C14H14O2/c1-2-11-12-5-3-4-6-13(12)16-14(11)9-7-10(15)8-9/h3-6,9H,2,7-8H2,1H3. The average Bonchev–Trinajstić information content (AvgIpc) is 2.62. The number of para-hydroxylation sites is 1. The van der Waals surface area contributed by atoms with E-state index in [1.165, 1.54) is 10.9 Å². The van der Waals surface area contributed by atoms with Crippen LogP contribution in [0.25, 0.3) is 11.0 Å². The molecule has 0 bridgehead atoms. The normalized spacial score (nSPS) is 16.7. The molecule has 82 valence electrons. The molecule has 0 amide bonds. The van der Waals surface area contributed by atoms with E-state index in [1.807, 2.05) is 18.2 Å². The smallest absolute Gasteiger partial charge is 0.134 e. The monoisotopic (exact) mass is 214 g/mol. The van der Waals surface area contributed by atoms with Crippen molar-refractivity contribution < 1.29 is 9.21 Å². The molecule has 2 heteroatoms. The summed E-state index contributed by atoms with van der Waals surface area (Å²) in [7, 11) is 0.